The van der Waals surface area contributed by atoms with E-state index in [0.717, 1.165) is 48.4 Å². The lowest BCUT2D eigenvalue weighted by molar-refractivity contribution is -0.143. The van der Waals surface area contributed by atoms with Gasteiger partial charge in [0.15, 0.2) is 5.69 Å². The molecular formula is C22H24F3N3O. The van der Waals surface area contributed by atoms with E-state index >= 15 is 0 Å². The number of rotatable bonds is 3. The fourth-order valence-electron chi connectivity index (χ4n) is 6.16. The molecule has 29 heavy (non-hydrogen) atoms. The largest absolute Gasteiger partial charge is 0.434 e. The average Bonchev–Trinajstić information content (AvgIpc) is 3.10. The Morgan fingerprint density at radius 1 is 1.07 bits per heavy atom. The van der Waals surface area contributed by atoms with E-state index in [9.17, 15) is 18.0 Å². The molecule has 0 radical (unpaired) electrons. The van der Waals surface area contributed by atoms with E-state index in [-0.39, 0.29) is 6.04 Å². The minimum absolute atomic E-state index is 0.0156. The van der Waals surface area contributed by atoms with Crippen LogP contribution in [0.15, 0.2) is 30.5 Å². The van der Waals surface area contributed by atoms with Gasteiger partial charge in [0, 0.05) is 6.04 Å². The van der Waals surface area contributed by atoms with Gasteiger partial charge in [-0.2, -0.15) is 18.3 Å². The number of alkyl halides is 3. The van der Waals surface area contributed by atoms with Gasteiger partial charge in [-0.05, 0) is 74.3 Å². The Hall–Kier alpha value is -2.31. The van der Waals surface area contributed by atoms with Crippen LogP contribution in [0.1, 0.15) is 53.7 Å². The van der Waals surface area contributed by atoms with Crippen LogP contribution in [0, 0.1) is 30.6 Å². The van der Waals surface area contributed by atoms with Gasteiger partial charge in [-0.25, -0.2) is 4.68 Å². The van der Waals surface area contributed by atoms with Gasteiger partial charge in [0.25, 0.3) is 5.91 Å². The van der Waals surface area contributed by atoms with Crippen LogP contribution < -0.4 is 5.32 Å². The summed E-state index contributed by atoms with van der Waals surface area (Å²) in [7, 11) is 0. The molecule has 4 nitrogen and oxygen atoms in total. The maximum Gasteiger partial charge on any atom is 0.434 e. The maximum absolute atomic E-state index is 13.9. The number of carbonyl (C=O) groups excluding carboxylic acids is 1. The van der Waals surface area contributed by atoms with Crippen molar-refractivity contribution in [3.63, 3.8) is 0 Å². The van der Waals surface area contributed by atoms with E-state index in [1.807, 2.05) is 0 Å². The second-order valence-electron chi connectivity index (χ2n) is 9.03. The highest BCUT2D eigenvalue weighted by atomic mass is 19.4. The number of aryl methyl sites for hydroxylation is 1. The molecule has 1 heterocycles. The van der Waals surface area contributed by atoms with Gasteiger partial charge < -0.3 is 5.32 Å². The first-order valence-corrected chi connectivity index (χ1v) is 10.3. The van der Waals surface area contributed by atoms with Crippen molar-refractivity contribution in [1.29, 1.82) is 0 Å². The lowest BCUT2D eigenvalue weighted by atomic mass is 9.54. The number of nitrogens with one attached hydrogen (secondary N) is 1. The molecule has 7 heteroatoms. The maximum atomic E-state index is 13.9. The molecule has 0 aliphatic heterocycles. The molecule has 0 unspecified atom stereocenters. The van der Waals surface area contributed by atoms with Crippen LogP contribution >= 0.6 is 0 Å². The first-order chi connectivity index (χ1) is 13.8. The number of para-hydroxylation sites is 1. The molecule has 4 bridgehead atoms. The predicted octanol–water partition coefficient (Wildman–Crippen LogP) is 4.75. The topological polar surface area (TPSA) is 46.9 Å². The smallest absolute Gasteiger partial charge is 0.349 e. The fourth-order valence-corrected chi connectivity index (χ4v) is 6.16. The van der Waals surface area contributed by atoms with Crippen molar-refractivity contribution in [3.05, 3.63) is 47.3 Å². The summed E-state index contributed by atoms with van der Waals surface area (Å²) in [6.07, 6.45) is 2.02. The van der Waals surface area contributed by atoms with Gasteiger partial charge in [-0.3, -0.25) is 4.79 Å². The Kier molecular flexibility index (Phi) is 4.26. The minimum atomic E-state index is -4.69. The Labute approximate surface area is 167 Å². The third-order valence-corrected chi connectivity index (χ3v) is 7.15. The number of amides is 1. The molecule has 4 fully saturated rings. The summed E-state index contributed by atoms with van der Waals surface area (Å²) in [6, 6.07) is 6.72. The highest BCUT2D eigenvalue weighted by molar-refractivity contribution is 5.95. The van der Waals surface area contributed by atoms with E-state index in [4.69, 9.17) is 0 Å². The van der Waals surface area contributed by atoms with Crippen LogP contribution in [-0.4, -0.2) is 21.7 Å². The van der Waals surface area contributed by atoms with Crippen LogP contribution in [-0.2, 0) is 6.18 Å². The molecule has 6 rings (SSSR count). The van der Waals surface area contributed by atoms with Crippen molar-refractivity contribution < 1.29 is 18.0 Å². The summed E-state index contributed by atoms with van der Waals surface area (Å²) in [5.74, 6) is 1.61. The third kappa shape index (κ3) is 3.15. The summed E-state index contributed by atoms with van der Waals surface area (Å²) < 4.78 is 42.7. The van der Waals surface area contributed by atoms with Crippen molar-refractivity contribution >= 4 is 5.91 Å². The summed E-state index contributed by atoms with van der Waals surface area (Å²) in [6.45, 7) is 1.73. The zero-order chi connectivity index (χ0) is 20.3. The van der Waals surface area contributed by atoms with E-state index in [1.165, 1.54) is 6.42 Å². The van der Waals surface area contributed by atoms with Crippen molar-refractivity contribution in [1.82, 2.24) is 15.1 Å². The summed E-state index contributed by atoms with van der Waals surface area (Å²) in [5.41, 5.74) is -0.412. The highest BCUT2D eigenvalue weighted by Gasteiger charge is 2.49. The highest BCUT2D eigenvalue weighted by Crippen LogP contribution is 2.53. The summed E-state index contributed by atoms with van der Waals surface area (Å²) >= 11 is 0. The van der Waals surface area contributed by atoms with Crippen molar-refractivity contribution in [3.8, 4) is 5.69 Å². The summed E-state index contributed by atoms with van der Waals surface area (Å²) in [5, 5.41) is 6.93. The van der Waals surface area contributed by atoms with Crippen LogP contribution in [0.5, 0.6) is 0 Å². The molecule has 154 valence electrons. The van der Waals surface area contributed by atoms with Crippen molar-refractivity contribution in [2.45, 2.75) is 51.2 Å². The van der Waals surface area contributed by atoms with Crippen LogP contribution in [0.3, 0.4) is 0 Å². The molecule has 0 spiro atoms. The second-order valence-corrected chi connectivity index (χ2v) is 9.03. The van der Waals surface area contributed by atoms with Gasteiger partial charge in [0.2, 0.25) is 0 Å². The Morgan fingerprint density at radius 3 is 2.28 bits per heavy atom. The van der Waals surface area contributed by atoms with Gasteiger partial charge in [0.1, 0.15) is 0 Å². The third-order valence-electron chi connectivity index (χ3n) is 7.15. The molecule has 1 aromatic heterocycles. The zero-order valence-corrected chi connectivity index (χ0v) is 16.2. The number of hydrogen-bond acceptors (Lipinski definition) is 2. The van der Waals surface area contributed by atoms with Gasteiger partial charge in [-0.1, -0.05) is 18.2 Å². The number of benzene rings is 1. The lowest BCUT2D eigenvalue weighted by Gasteiger charge is -2.54. The number of halogens is 3. The molecule has 1 aromatic carbocycles. The normalized spacial score (nSPS) is 30.6. The molecule has 4 aliphatic carbocycles. The van der Waals surface area contributed by atoms with E-state index < -0.39 is 23.3 Å². The average molecular weight is 403 g/mol. The van der Waals surface area contributed by atoms with E-state index in [0.29, 0.717) is 23.1 Å². The quantitative estimate of drug-likeness (QED) is 0.804. The fraction of sp³-hybridized carbons (Fsp3) is 0.545. The Balaban J connectivity index is 1.47. The van der Waals surface area contributed by atoms with Crippen molar-refractivity contribution in [2.75, 3.05) is 0 Å². The minimum Gasteiger partial charge on any atom is -0.349 e. The summed E-state index contributed by atoms with van der Waals surface area (Å²) in [4.78, 5) is 13.0. The molecule has 0 saturated heterocycles. The second kappa shape index (κ2) is 6.61. The van der Waals surface area contributed by atoms with Crippen molar-refractivity contribution in [2.24, 2.45) is 23.7 Å². The standard InChI is InChI=1S/C22H24F3N3O/c1-12-4-2-3-5-18(12)28-20(22(23,24)25)17(11-26-28)21(29)27-19-15-7-13-6-14(9-15)10-16(19)8-13/h2-5,11,13-16,19H,6-10H2,1H3,(H,27,29). The molecule has 4 saturated carbocycles. The number of nitrogens with zero attached hydrogens (tertiary/aromatic N) is 2. The molecule has 4 aliphatic rings. The SMILES string of the molecule is Cc1ccccc1-n1ncc(C(=O)NC2C3CC4CC(C3)CC2C4)c1C(F)(F)F. The monoisotopic (exact) mass is 403 g/mol. The zero-order valence-electron chi connectivity index (χ0n) is 16.2. The van der Waals surface area contributed by atoms with Crippen LogP contribution in [0.2, 0.25) is 0 Å². The Morgan fingerprint density at radius 2 is 1.69 bits per heavy atom. The first kappa shape index (κ1) is 18.7. The number of hydrogen-bond donors (Lipinski definition) is 1. The predicted molar refractivity (Wildman–Crippen MR) is 102 cm³/mol. The van der Waals surface area contributed by atoms with E-state index in [1.54, 1.807) is 31.2 Å². The van der Waals surface area contributed by atoms with Crippen LogP contribution in [0.4, 0.5) is 13.2 Å². The first-order valence-electron chi connectivity index (χ1n) is 10.3. The molecule has 1 amide bonds. The van der Waals surface area contributed by atoms with Gasteiger partial charge in [0.05, 0.1) is 17.4 Å². The molecule has 2 aromatic rings. The molecule has 1 N–H and O–H groups in total. The lowest BCUT2D eigenvalue weighted by Crippen LogP contribution is -2.55. The van der Waals surface area contributed by atoms with Crippen LogP contribution in [0.25, 0.3) is 5.69 Å². The molecule has 0 atom stereocenters. The Bertz CT molecular complexity index is 921. The van der Waals surface area contributed by atoms with Gasteiger partial charge in [-0.15, -0.1) is 0 Å². The van der Waals surface area contributed by atoms with Gasteiger partial charge >= 0.3 is 6.18 Å². The number of carbonyl (C=O) groups is 1. The molecular weight excluding hydrogens is 379 g/mol. The van der Waals surface area contributed by atoms with E-state index in [2.05, 4.69) is 10.4 Å². The number of aromatic nitrogens is 2.